The Morgan fingerprint density at radius 1 is 1.43 bits per heavy atom. The number of hydrogen-bond acceptors (Lipinski definition) is 4. The van der Waals surface area contributed by atoms with Crippen molar-refractivity contribution in [1.29, 1.82) is 0 Å². The van der Waals surface area contributed by atoms with Crippen LogP contribution in [0, 0.1) is 0 Å². The monoisotopic (exact) mass is 312 g/mol. The Morgan fingerprint density at radius 2 is 2.19 bits per heavy atom. The first-order valence-corrected chi connectivity index (χ1v) is 8.82. The van der Waals surface area contributed by atoms with Crippen LogP contribution in [0.1, 0.15) is 25.8 Å². The maximum atomic E-state index is 12.9. The Labute approximate surface area is 127 Å². The van der Waals surface area contributed by atoms with Gasteiger partial charge in [0.25, 0.3) is 0 Å². The number of nitrogens with zero attached hydrogens (tertiary/aromatic N) is 1. The average Bonchev–Trinajstić information content (AvgIpc) is 2.94. The number of rotatable bonds is 7. The highest BCUT2D eigenvalue weighted by atomic mass is 32.2. The van der Waals surface area contributed by atoms with Crippen molar-refractivity contribution in [2.45, 2.75) is 37.6 Å². The molecule has 0 bridgehead atoms. The SMILES string of the molecule is CCC(C)N(CCOC)S(=O)(=O)c1ccc2c(c1)NCC2. The summed E-state index contributed by atoms with van der Waals surface area (Å²) >= 11 is 0. The summed E-state index contributed by atoms with van der Waals surface area (Å²) in [4.78, 5) is 0.354. The second kappa shape index (κ2) is 6.77. The zero-order valence-corrected chi connectivity index (χ0v) is 13.7. The van der Waals surface area contributed by atoms with E-state index in [0.29, 0.717) is 18.0 Å². The Balaban J connectivity index is 2.33. The molecule has 1 aliphatic rings. The normalized spacial score (nSPS) is 15.8. The van der Waals surface area contributed by atoms with Crippen molar-refractivity contribution in [2.24, 2.45) is 0 Å². The fourth-order valence-electron chi connectivity index (χ4n) is 2.53. The third-order valence-corrected chi connectivity index (χ3v) is 6.01. The number of hydrogen-bond donors (Lipinski definition) is 1. The molecule has 6 heteroatoms. The first kappa shape index (κ1) is 16.3. The molecule has 0 aliphatic carbocycles. The molecule has 118 valence electrons. The highest BCUT2D eigenvalue weighted by molar-refractivity contribution is 7.89. The quantitative estimate of drug-likeness (QED) is 0.837. The van der Waals surface area contributed by atoms with Gasteiger partial charge in [0, 0.05) is 31.9 Å². The van der Waals surface area contributed by atoms with Crippen molar-refractivity contribution in [3.8, 4) is 0 Å². The van der Waals surface area contributed by atoms with Gasteiger partial charge in [-0.05, 0) is 37.5 Å². The number of fused-ring (bicyclic) bond motifs is 1. The van der Waals surface area contributed by atoms with E-state index in [1.165, 1.54) is 9.87 Å². The molecule has 1 heterocycles. The predicted molar refractivity (Wildman–Crippen MR) is 84.2 cm³/mol. The van der Waals surface area contributed by atoms with E-state index in [2.05, 4.69) is 5.32 Å². The molecular formula is C15H24N2O3S. The molecule has 0 saturated carbocycles. The summed E-state index contributed by atoms with van der Waals surface area (Å²) in [6.07, 6.45) is 1.72. The molecule has 1 unspecified atom stereocenters. The topological polar surface area (TPSA) is 58.6 Å². The van der Waals surface area contributed by atoms with Gasteiger partial charge in [-0.2, -0.15) is 4.31 Å². The second-order valence-electron chi connectivity index (χ2n) is 5.36. The molecule has 1 N–H and O–H groups in total. The Kier molecular flexibility index (Phi) is 5.24. The van der Waals surface area contributed by atoms with Gasteiger partial charge in [-0.15, -0.1) is 0 Å². The molecular weight excluding hydrogens is 288 g/mol. The third kappa shape index (κ3) is 3.39. The van der Waals surface area contributed by atoms with Crippen LogP contribution in [0.5, 0.6) is 0 Å². The van der Waals surface area contributed by atoms with Gasteiger partial charge in [0.15, 0.2) is 0 Å². The minimum Gasteiger partial charge on any atom is -0.384 e. The maximum Gasteiger partial charge on any atom is 0.243 e. The van der Waals surface area contributed by atoms with Crippen LogP contribution in [0.4, 0.5) is 5.69 Å². The first-order valence-electron chi connectivity index (χ1n) is 7.38. The van der Waals surface area contributed by atoms with Crippen molar-refractivity contribution in [1.82, 2.24) is 4.31 Å². The number of nitrogens with one attached hydrogen (secondary N) is 1. The van der Waals surface area contributed by atoms with Gasteiger partial charge in [-0.1, -0.05) is 13.0 Å². The standard InChI is InChI=1S/C15H24N2O3S/c1-4-12(2)17(9-10-20-3)21(18,19)14-6-5-13-7-8-16-15(13)11-14/h5-6,11-12,16H,4,7-10H2,1-3H3. The second-order valence-corrected chi connectivity index (χ2v) is 7.25. The van der Waals surface area contributed by atoms with Crippen LogP contribution in [-0.4, -0.2) is 45.6 Å². The molecule has 0 amide bonds. The number of methoxy groups -OCH3 is 1. The van der Waals surface area contributed by atoms with E-state index in [4.69, 9.17) is 4.74 Å². The largest absolute Gasteiger partial charge is 0.384 e. The van der Waals surface area contributed by atoms with E-state index < -0.39 is 10.0 Å². The van der Waals surface area contributed by atoms with Crippen LogP contribution in [-0.2, 0) is 21.2 Å². The van der Waals surface area contributed by atoms with Gasteiger partial charge in [-0.25, -0.2) is 8.42 Å². The highest BCUT2D eigenvalue weighted by Gasteiger charge is 2.29. The fraction of sp³-hybridized carbons (Fsp3) is 0.600. The van der Waals surface area contributed by atoms with Crippen molar-refractivity contribution < 1.29 is 13.2 Å². The first-order chi connectivity index (χ1) is 10.0. The van der Waals surface area contributed by atoms with Crippen molar-refractivity contribution in [2.75, 3.05) is 32.1 Å². The highest BCUT2D eigenvalue weighted by Crippen LogP contribution is 2.28. The molecule has 1 aromatic carbocycles. The van der Waals surface area contributed by atoms with E-state index in [1.807, 2.05) is 19.9 Å². The van der Waals surface area contributed by atoms with Crippen LogP contribution in [0.2, 0.25) is 0 Å². The lowest BCUT2D eigenvalue weighted by molar-refractivity contribution is 0.167. The molecule has 1 atom stereocenters. The van der Waals surface area contributed by atoms with Crippen LogP contribution < -0.4 is 5.32 Å². The minimum atomic E-state index is -3.49. The van der Waals surface area contributed by atoms with Gasteiger partial charge in [0.2, 0.25) is 10.0 Å². The predicted octanol–water partition coefficient (Wildman–Crippen LogP) is 2.09. The van der Waals surface area contributed by atoms with E-state index >= 15 is 0 Å². The Bertz CT molecular complexity index is 587. The van der Waals surface area contributed by atoms with E-state index in [-0.39, 0.29) is 6.04 Å². The molecule has 0 radical (unpaired) electrons. The average molecular weight is 312 g/mol. The summed E-state index contributed by atoms with van der Waals surface area (Å²) in [5.41, 5.74) is 2.12. The molecule has 0 fully saturated rings. The summed E-state index contributed by atoms with van der Waals surface area (Å²) < 4.78 is 32.4. The number of sulfonamides is 1. The van der Waals surface area contributed by atoms with Gasteiger partial charge in [0.1, 0.15) is 0 Å². The van der Waals surface area contributed by atoms with Crippen molar-refractivity contribution in [3.63, 3.8) is 0 Å². The Morgan fingerprint density at radius 3 is 2.86 bits per heavy atom. The van der Waals surface area contributed by atoms with Crippen LogP contribution in [0.3, 0.4) is 0 Å². The molecule has 2 rings (SSSR count). The molecule has 0 saturated heterocycles. The smallest absolute Gasteiger partial charge is 0.243 e. The van der Waals surface area contributed by atoms with Gasteiger partial charge in [0.05, 0.1) is 11.5 Å². The lowest BCUT2D eigenvalue weighted by Crippen LogP contribution is -2.40. The molecule has 0 aromatic heterocycles. The van der Waals surface area contributed by atoms with Crippen molar-refractivity contribution >= 4 is 15.7 Å². The van der Waals surface area contributed by atoms with E-state index in [1.54, 1.807) is 19.2 Å². The molecule has 1 aliphatic heterocycles. The van der Waals surface area contributed by atoms with Crippen molar-refractivity contribution in [3.05, 3.63) is 23.8 Å². The van der Waals surface area contributed by atoms with E-state index in [0.717, 1.165) is 25.1 Å². The third-order valence-electron chi connectivity index (χ3n) is 4.00. The maximum absolute atomic E-state index is 12.9. The zero-order chi connectivity index (χ0) is 15.5. The zero-order valence-electron chi connectivity index (χ0n) is 12.9. The van der Waals surface area contributed by atoms with E-state index in [9.17, 15) is 8.42 Å². The summed E-state index contributed by atoms with van der Waals surface area (Å²) in [5, 5.41) is 3.23. The van der Waals surface area contributed by atoms with Gasteiger partial charge in [-0.3, -0.25) is 0 Å². The van der Waals surface area contributed by atoms with Gasteiger partial charge >= 0.3 is 0 Å². The molecule has 0 spiro atoms. The number of ether oxygens (including phenoxy) is 1. The lowest BCUT2D eigenvalue weighted by atomic mass is 10.2. The summed E-state index contributed by atoms with van der Waals surface area (Å²) in [7, 11) is -1.91. The van der Waals surface area contributed by atoms with Crippen LogP contribution in [0.15, 0.2) is 23.1 Å². The molecule has 21 heavy (non-hydrogen) atoms. The fourth-order valence-corrected chi connectivity index (χ4v) is 4.24. The van der Waals surface area contributed by atoms with Crippen LogP contribution in [0.25, 0.3) is 0 Å². The number of benzene rings is 1. The lowest BCUT2D eigenvalue weighted by Gasteiger charge is -2.27. The summed E-state index contributed by atoms with van der Waals surface area (Å²) in [6.45, 7) is 5.56. The Hall–Kier alpha value is -1.11. The molecule has 5 nitrogen and oxygen atoms in total. The molecule has 1 aromatic rings. The van der Waals surface area contributed by atoms with Crippen LogP contribution >= 0.6 is 0 Å². The van der Waals surface area contributed by atoms with Gasteiger partial charge < -0.3 is 10.1 Å². The number of anilines is 1. The summed E-state index contributed by atoms with van der Waals surface area (Å²) in [5.74, 6) is 0. The minimum absolute atomic E-state index is 0.0497. The summed E-state index contributed by atoms with van der Waals surface area (Å²) in [6, 6.07) is 5.32.